The molecule has 1 aromatic rings. The summed E-state index contributed by atoms with van der Waals surface area (Å²) in [5.41, 5.74) is 1.05. The van der Waals surface area contributed by atoms with Gasteiger partial charge in [0.2, 0.25) is 0 Å². The van der Waals surface area contributed by atoms with Crippen LogP contribution in [0.15, 0.2) is 29.3 Å². The molecule has 0 radical (unpaired) electrons. The topological polar surface area (TPSA) is 77.4 Å². The van der Waals surface area contributed by atoms with Crippen molar-refractivity contribution in [1.82, 2.24) is 15.1 Å². The van der Waals surface area contributed by atoms with Crippen molar-refractivity contribution in [3.63, 3.8) is 0 Å². The molecule has 2 aliphatic rings. The summed E-state index contributed by atoms with van der Waals surface area (Å²) < 4.78 is 5.52. The normalized spacial score (nSPS) is 20.3. The van der Waals surface area contributed by atoms with Crippen molar-refractivity contribution in [2.75, 3.05) is 39.3 Å². The van der Waals surface area contributed by atoms with Gasteiger partial charge in [-0.2, -0.15) is 0 Å². The predicted octanol–water partition coefficient (Wildman–Crippen LogP) is 1.80. The van der Waals surface area contributed by atoms with Crippen LogP contribution in [0.25, 0.3) is 0 Å². The number of nitrogens with zero attached hydrogens (tertiary/aromatic N) is 3. The quantitative estimate of drug-likeness (QED) is 0.384. The van der Waals surface area contributed by atoms with E-state index in [1.54, 1.807) is 12.1 Å². The molecule has 8 heteroatoms. The minimum absolute atomic E-state index is 0. The number of guanidine groups is 1. The first-order valence-electron chi connectivity index (χ1n) is 9.39. The van der Waals surface area contributed by atoms with Crippen molar-refractivity contribution in [2.45, 2.75) is 32.4 Å². The van der Waals surface area contributed by atoms with E-state index in [9.17, 15) is 9.90 Å². The number of nitrogens with one attached hydrogen (secondary N) is 1. The van der Waals surface area contributed by atoms with Crippen molar-refractivity contribution >= 4 is 35.8 Å². The molecule has 1 amide bonds. The average Bonchev–Trinajstić information content (AvgIpc) is 3.21. The number of piperazine rings is 1. The molecule has 0 aromatic heterocycles. The molecule has 150 valence electrons. The number of carbonyl (C=O) groups is 1. The summed E-state index contributed by atoms with van der Waals surface area (Å²) >= 11 is 0. The van der Waals surface area contributed by atoms with Crippen LogP contribution in [-0.4, -0.2) is 72.2 Å². The molecule has 0 aliphatic carbocycles. The molecule has 2 saturated heterocycles. The van der Waals surface area contributed by atoms with Crippen LogP contribution in [0, 0.1) is 0 Å². The van der Waals surface area contributed by atoms with Crippen LogP contribution in [0.1, 0.15) is 25.3 Å². The zero-order valence-electron chi connectivity index (χ0n) is 15.8. The van der Waals surface area contributed by atoms with Gasteiger partial charge in [-0.25, -0.2) is 4.99 Å². The molecular weight excluding hydrogens is 459 g/mol. The summed E-state index contributed by atoms with van der Waals surface area (Å²) in [5.74, 6) is 1.26. The van der Waals surface area contributed by atoms with Crippen LogP contribution >= 0.6 is 24.0 Å². The van der Waals surface area contributed by atoms with E-state index in [0.717, 1.165) is 44.0 Å². The highest BCUT2D eigenvalue weighted by molar-refractivity contribution is 14.0. The van der Waals surface area contributed by atoms with Crippen LogP contribution in [0.4, 0.5) is 0 Å². The van der Waals surface area contributed by atoms with E-state index >= 15 is 0 Å². The lowest BCUT2D eigenvalue weighted by Gasteiger charge is -2.37. The fourth-order valence-corrected chi connectivity index (χ4v) is 3.31. The molecule has 1 aromatic carbocycles. The molecule has 7 nitrogen and oxygen atoms in total. The molecule has 2 fully saturated rings. The Morgan fingerprint density at radius 2 is 1.89 bits per heavy atom. The number of phenolic OH excluding ortho intramolecular Hbond substituents is 1. The summed E-state index contributed by atoms with van der Waals surface area (Å²) in [5, 5.41) is 12.7. The third kappa shape index (κ3) is 5.97. The summed E-state index contributed by atoms with van der Waals surface area (Å²) in [7, 11) is 0. The minimum atomic E-state index is -0.238. The van der Waals surface area contributed by atoms with Gasteiger partial charge in [-0.05, 0) is 37.5 Å². The number of phenols is 1. The highest BCUT2D eigenvalue weighted by Crippen LogP contribution is 2.16. The van der Waals surface area contributed by atoms with Crippen LogP contribution in [0.2, 0.25) is 0 Å². The third-order valence-corrected chi connectivity index (χ3v) is 4.78. The zero-order valence-corrected chi connectivity index (χ0v) is 18.1. The number of halogens is 1. The van der Waals surface area contributed by atoms with Crippen molar-refractivity contribution in [1.29, 1.82) is 0 Å². The largest absolute Gasteiger partial charge is 0.508 e. The number of rotatable bonds is 4. The van der Waals surface area contributed by atoms with Crippen molar-refractivity contribution < 1.29 is 14.6 Å². The molecule has 0 bridgehead atoms. The molecule has 1 unspecified atom stereocenters. The van der Waals surface area contributed by atoms with Crippen LogP contribution in [0.5, 0.6) is 5.75 Å². The Morgan fingerprint density at radius 1 is 1.22 bits per heavy atom. The number of carbonyl (C=O) groups excluding carboxylic acids is 1. The van der Waals surface area contributed by atoms with Gasteiger partial charge in [0.25, 0.3) is 5.91 Å². The van der Waals surface area contributed by atoms with Crippen molar-refractivity contribution in [2.24, 2.45) is 4.99 Å². The third-order valence-electron chi connectivity index (χ3n) is 4.78. The van der Waals surface area contributed by atoms with Gasteiger partial charge in [0.15, 0.2) is 5.96 Å². The SMILES string of the molecule is CCNC(=NCc1ccc(O)cc1)N1CCN(C(=O)C2CCCO2)CC1.I. The van der Waals surface area contributed by atoms with E-state index in [-0.39, 0.29) is 41.7 Å². The molecule has 2 aliphatic heterocycles. The van der Waals surface area contributed by atoms with E-state index in [2.05, 4.69) is 10.2 Å². The van der Waals surface area contributed by atoms with Crippen LogP contribution in [-0.2, 0) is 16.1 Å². The molecule has 1 atom stereocenters. The molecule has 0 saturated carbocycles. The highest BCUT2D eigenvalue weighted by atomic mass is 127. The second kappa shape index (κ2) is 10.7. The Morgan fingerprint density at radius 3 is 2.48 bits per heavy atom. The number of aliphatic imine (C=N–C) groups is 1. The fraction of sp³-hybridized carbons (Fsp3) is 0.579. The van der Waals surface area contributed by atoms with E-state index in [1.165, 1.54) is 0 Å². The number of hydrogen-bond acceptors (Lipinski definition) is 4. The Bertz CT molecular complexity index is 624. The van der Waals surface area contributed by atoms with Crippen LogP contribution < -0.4 is 5.32 Å². The summed E-state index contributed by atoms with van der Waals surface area (Å²) in [6.45, 7) is 7.02. The van der Waals surface area contributed by atoms with Gasteiger partial charge in [0.1, 0.15) is 11.9 Å². The lowest BCUT2D eigenvalue weighted by molar-refractivity contribution is -0.142. The molecular formula is C19H29IN4O3. The molecule has 2 N–H and O–H groups in total. The monoisotopic (exact) mass is 488 g/mol. The summed E-state index contributed by atoms with van der Waals surface area (Å²) in [4.78, 5) is 21.3. The first kappa shape index (κ1) is 21.7. The van der Waals surface area contributed by atoms with E-state index in [0.29, 0.717) is 26.2 Å². The van der Waals surface area contributed by atoms with Crippen molar-refractivity contribution in [3.8, 4) is 5.75 Å². The Hall–Kier alpha value is -1.55. The van der Waals surface area contributed by atoms with Gasteiger partial charge in [0, 0.05) is 39.3 Å². The Balaban J connectivity index is 0.00000261. The van der Waals surface area contributed by atoms with E-state index in [1.807, 2.05) is 24.0 Å². The molecule has 27 heavy (non-hydrogen) atoms. The Labute approximate surface area is 177 Å². The van der Waals surface area contributed by atoms with E-state index < -0.39 is 0 Å². The second-order valence-electron chi connectivity index (χ2n) is 6.65. The maximum absolute atomic E-state index is 12.5. The number of benzene rings is 1. The average molecular weight is 488 g/mol. The smallest absolute Gasteiger partial charge is 0.251 e. The standard InChI is InChI=1S/C19H28N4O3.HI/c1-2-20-19(21-14-15-5-7-16(24)8-6-15)23-11-9-22(10-12-23)18(25)17-4-3-13-26-17;/h5-8,17,24H,2-4,9-14H2,1H3,(H,20,21);1H. The van der Waals surface area contributed by atoms with Crippen LogP contribution in [0.3, 0.4) is 0 Å². The minimum Gasteiger partial charge on any atom is -0.508 e. The number of hydrogen-bond donors (Lipinski definition) is 2. The van der Waals surface area contributed by atoms with Crippen molar-refractivity contribution in [3.05, 3.63) is 29.8 Å². The maximum Gasteiger partial charge on any atom is 0.251 e. The lowest BCUT2D eigenvalue weighted by atomic mass is 10.2. The number of amides is 1. The maximum atomic E-state index is 12.5. The van der Waals surface area contributed by atoms with Gasteiger partial charge >= 0.3 is 0 Å². The van der Waals surface area contributed by atoms with Gasteiger partial charge < -0.3 is 25.0 Å². The first-order valence-corrected chi connectivity index (χ1v) is 9.39. The number of ether oxygens (including phenoxy) is 1. The van der Waals surface area contributed by atoms with E-state index in [4.69, 9.17) is 9.73 Å². The second-order valence-corrected chi connectivity index (χ2v) is 6.65. The van der Waals surface area contributed by atoms with Gasteiger partial charge in [-0.15, -0.1) is 24.0 Å². The number of aromatic hydroxyl groups is 1. The van der Waals surface area contributed by atoms with Gasteiger partial charge in [-0.1, -0.05) is 12.1 Å². The molecule has 2 heterocycles. The summed E-state index contributed by atoms with van der Waals surface area (Å²) in [6, 6.07) is 7.10. The van der Waals surface area contributed by atoms with Gasteiger partial charge in [-0.3, -0.25) is 4.79 Å². The predicted molar refractivity (Wildman–Crippen MR) is 115 cm³/mol. The zero-order chi connectivity index (χ0) is 18.4. The highest BCUT2D eigenvalue weighted by Gasteiger charge is 2.30. The first-order chi connectivity index (χ1) is 12.7. The van der Waals surface area contributed by atoms with Gasteiger partial charge in [0.05, 0.1) is 6.54 Å². The Kier molecular flexibility index (Phi) is 8.62. The molecule has 3 rings (SSSR count). The summed E-state index contributed by atoms with van der Waals surface area (Å²) in [6.07, 6.45) is 1.58. The molecule has 0 spiro atoms. The lowest BCUT2D eigenvalue weighted by Crippen LogP contribution is -2.55. The fourth-order valence-electron chi connectivity index (χ4n) is 3.31.